The molecule has 0 heterocycles. The molecule has 0 bridgehead atoms. The standard InChI is InChI=1S/C15H21NO2/c1-11-3-2-4-14(11)16-10-13-7-5-12(6-8-13)9-15(17)18/h5-8,11,14,16H,2-4,9-10H2,1H3,(H,17,18). The van der Waals surface area contributed by atoms with Crippen LogP contribution < -0.4 is 5.32 Å². The molecular formula is C15H21NO2. The number of carbonyl (C=O) groups is 1. The Morgan fingerprint density at radius 3 is 2.50 bits per heavy atom. The molecule has 0 saturated heterocycles. The summed E-state index contributed by atoms with van der Waals surface area (Å²) in [5.41, 5.74) is 2.09. The zero-order valence-electron chi connectivity index (χ0n) is 10.9. The van der Waals surface area contributed by atoms with Crippen LogP contribution in [-0.4, -0.2) is 17.1 Å². The molecule has 98 valence electrons. The monoisotopic (exact) mass is 247 g/mol. The molecule has 2 N–H and O–H groups in total. The first-order valence-electron chi connectivity index (χ1n) is 6.68. The molecule has 3 heteroatoms. The molecule has 2 atom stereocenters. The third kappa shape index (κ3) is 3.57. The number of rotatable bonds is 5. The van der Waals surface area contributed by atoms with Crippen LogP contribution in [0.2, 0.25) is 0 Å². The van der Waals surface area contributed by atoms with E-state index in [1.807, 2.05) is 24.3 Å². The van der Waals surface area contributed by atoms with Crippen molar-refractivity contribution >= 4 is 5.97 Å². The van der Waals surface area contributed by atoms with Gasteiger partial charge in [-0.25, -0.2) is 0 Å². The molecule has 0 aromatic heterocycles. The van der Waals surface area contributed by atoms with Gasteiger partial charge in [0.2, 0.25) is 0 Å². The minimum atomic E-state index is -0.777. The molecule has 3 nitrogen and oxygen atoms in total. The molecule has 1 saturated carbocycles. The fourth-order valence-electron chi connectivity index (χ4n) is 2.65. The van der Waals surface area contributed by atoms with E-state index in [0.29, 0.717) is 6.04 Å². The molecule has 0 aliphatic heterocycles. The van der Waals surface area contributed by atoms with E-state index in [1.165, 1.54) is 24.8 Å². The van der Waals surface area contributed by atoms with Crippen molar-refractivity contribution in [2.24, 2.45) is 5.92 Å². The van der Waals surface area contributed by atoms with Crippen LogP contribution in [0.5, 0.6) is 0 Å². The summed E-state index contributed by atoms with van der Waals surface area (Å²) in [5, 5.41) is 12.3. The first-order chi connectivity index (χ1) is 8.65. The molecule has 2 rings (SSSR count). The van der Waals surface area contributed by atoms with Gasteiger partial charge in [0.25, 0.3) is 0 Å². The van der Waals surface area contributed by atoms with Crippen LogP contribution in [-0.2, 0) is 17.8 Å². The molecule has 1 aromatic carbocycles. The van der Waals surface area contributed by atoms with Crippen LogP contribution in [0.25, 0.3) is 0 Å². The fourth-order valence-corrected chi connectivity index (χ4v) is 2.65. The Kier molecular flexibility index (Phi) is 4.37. The van der Waals surface area contributed by atoms with Crippen molar-refractivity contribution in [2.45, 2.75) is 45.2 Å². The van der Waals surface area contributed by atoms with E-state index in [4.69, 9.17) is 5.11 Å². The van der Waals surface area contributed by atoms with Crippen LogP contribution in [0.4, 0.5) is 0 Å². The average molecular weight is 247 g/mol. The Morgan fingerprint density at radius 1 is 1.28 bits per heavy atom. The Balaban J connectivity index is 1.84. The third-order valence-electron chi connectivity index (χ3n) is 3.81. The van der Waals surface area contributed by atoms with E-state index in [0.717, 1.165) is 18.0 Å². The van der Waals surface area contributed by atoms with Gasteiger partial charge in [-0.2, -0.15) is 0 Å². The van der Waals surface area contributed by atoms with Gasteiger partial charge >= 0.3 is 5.97 Å². The molecule has 2 unspecified atom stereocenters. The van der Waals surface area contributed by atoms with Crippen LogP contribution in [0.15, 0.2) is 24.3 Å². The van der Waals surface area contributed by atoms with Crippen molar-refractivity contribution in [3.05, 3.63) is 35.4 Å². The second kappa shape index (κ2) is 6.01. The molecule has 1 aromatic rings. The van der Waals surface area contributed by atoms with Crippen molar-refractivity contribution in [1.82, 2.24) is 5.32 Å². The van der Waals surface area contributed by atoms with Gasteiger partial charge in [-0.05, 0) is 29.9 Å². The normalized spacial score (nSPS) is 23.2. The third-order valence-corrected chi connectivity index (χ3v) is 3.81. The van der Waals surface area contributed by atoms with Crippen LogP contribution in [0.3, 0.4) is 0 Å². The summed E-state index contributed by atoms with van der Waals surface area (Å²) in [6.45, 7) is 3.18. The Hall–Kier alpha value is -1.35. The van der Waals surface area contributed by atoms with E-state index >= 15 is 0 Å². The molecule has 0 radical (unpaired) electrons. The first kappa shape index (κ1) is 13.1. The summed E-state index contributed by atoms with van der Waals surface area (Å²) in [5.74, 6) is -0.00283. The number of benzene rings is 1. The molecule has 18 heavy (non-hydrogen) atoms. The van der Waals surface area contributed by atoms with Crippen LogP contribution in [0.1, 0.15) is 37.3 Å². The Morgan fingerprint density at radius 2 is 1.94 bits per heavy atom. The van der Waals surface area contributed by atoms with Crippen LogP contribution in [0, 0.1) is 5.92 Å². The summed E-state index contributed by atoms with van der Waals surface area (Å²) in [7, 11) is 0. The lowest BCUT2D eigenvalue weighted by molar-refractivity contribution is -0.136. The number of hydrogen-bond acceptors (Lipinski definition) is 2. The van der Waals surface area contributed by atoms with Gasteiger partial charge in [0.15, 0.2) is 0 Å². The van der Waals surface area contributed by atoms with E-state index < -0.39 is 5.97 Å². The Bertz CT molecular complexity index is 399. The highest BCUT2D eigenvalue weighted by molar-refractivity contribution is 5.70. The van der Waals surface area contributed by atoms with E-state index in [1.54, 1.807) is 0 Å². The highest BCUT2D eigenvalue weighted by atomic mass is 16.4. The van der Waals surface area contributed by atoms with E-state index in [9.17, 15) is 4.79 Å². The summed E-state index contributed by atoms with van der Waals surface area (Å²) < 4.78 is 0. The smallest absolute Gasteiger partial charge is 0.307 e. The van der Waals surface area contributed by atoms with Crippen molar-refractivity contribution in [2.75, 3.05) is 0 Å². The maximum Gasteiger partial charge on any atom is 0.307 e. The predicted octanol–water partition coefficient (Wildman–Crippen LogP) is 2.59. The maximum absolute atomic E-state index is 10.6. The van der Waals surface area contributed by atoms with Gasteiger partial charge in [0.05, 0.1) is 6.42 Å². The van der Waals surface area contributed by atoms with Crippen molar-refractivity contribution < 1.29 is 9.90 Å². The average Bonchev–Trinajstić information content (AvgIpc) is 2.73. The molecule has 1 aliphatic carbocycles. The Labute approximate surface area is 108 Å². The fraction of sp³-hybridized carbons (Fsp3) is 0.533. The number of nitrogens with one attached hydrogen (secondary N) is 1. The molecule has 0 amide bonds. The second-order valence-electron chi connectivity index (χ2n) is 5.28. The van der Waals surface area contributed by atoms with Gasteiger partial charge in [-0.15, -0.1) is 0 Å². The minimum Gasteiger partial charge on any atom is -0.481 e. The van der Waals surface area contributed by atoms with Gasteiger partial charge in [0, 0.05) is 12.6 Å². The topological polar surface area (TPSA) is 49.3 Å². The lowest BCUT2D eigenvalue weighted by Crippen LogP contribution is -2.30. The summed E-state index contributed by atoms with van der Waals surface area (Å²) in [6, 6.07) is 8.49. The number of carboxylic acid groups (broad SMARTS) is 1. The molecule has 1 aliphatic rings. The van der Waals surface area contributed by atoms with Gasteiger partial charge in [0.1, 0.15) is 0 Å². The number of hydrogen-bond donors (Lipinski definition) is 2. The largest absolute Gasteiger partial charge is 0.481 e. The lowest BCUT2D eigenvalue weighted by atomic mass is 10.1. The molecule has 0 spiro atoms. The highest BCUT2D eigenvalue weighted by Gasteiger charge is 2.22. The van der Waals surface area contributed by atoms with Crippen molar-refractivity contribution in [1.29, 1.82) is 0 Å². The highest BCUT2D eigenvalue weighted by Crippen LogP contribution is 2.25. The zero-order valence-corrected chi connectivity index (χ0v) is 10.9. The molecule has 1 fully saturated rings. The van der Waals surface area contributed by atoms with Gasteiger partial charge in [-0.3, -0.25) is 4.79 Å². The summed E-state index contributed by atoms with van der Waals surface area (Å²) >= 11 is 0. The second-order valence-corrected chi connectivity index (χ2v) is 5.28. The molecular weight excluding hydrogens is 226 g/mol. The van der Waals surface area contributed by atoms with E-state index in [2.05, 4.69) is 12.2 Å². The van der Waals surface area contributed by atoms with Crippen molar-refractivity contribution in [3.63, 3.8) is 0 Å². The summed E-state index contributed by atoms with van der Waals surface area (Å²) in [4.78, 5) is 10.6. The first-order valence-corrected chi connectivity index (χ1v) is 6.68. The maximum atomic E-state index is 10.6. The number of aliphatic carboxylic acids is 1. The quantitative estimate of drug-likeness (QED) is 0.840. The van der Waals surface area contributed by atoms with Crippen LogP contribution >= 0.6 is 0 Å². The van der Waals surface area contributed by atoms with Gasteiger partial charge in [-0.1, -0.05) is 37.6 Å². The SMILES string of the molecule is CC1CCCC1NCc1ccc(CC(=O)O)cc1. The lowest BCUT2D eigenvalue weighted by Gasteiger charge is -2.17. The zero-order chi connectivity index (χ0) is 13.0. The minimum absolute atomic E-state index is 0.105. The summed E-state index contributed by atoms with van der Waals surface area (Å²) in [6.07, 6.45) is 4.04. The van der Waals surface area contributed by atoms with Gasteiger partial charge < -0.3 is 10.4 Å². The predicted molar refractivity (Wildman–Crippen MR) is 71.4 cm³/mol. The van der Waals surface area contributed by atoms with Crippen molar-refractivity contribution in [3.8, 4) is 0 Å². The number of carboxylic acids is 1. The van der Waals surface area contributed by atoms with E-state index in [-0.39, 0.29) is 6.42 Å².